The molecule has 88 valence electrons. The second-order valence-corrected chi connectivity index (χ2v) is 4.66. The Morgan fingerprint density at radius 1 is 1.35 bits per heavy atom. The topological polar surface area (TPSA) is 52.0 Å². The van der Waals surface area contributed by atoms with Gasteiger partial charge in [-0.05, 0) is 12.1 Å². The smallest absolute Gasteiger partial charge is 0.210 e. The van der Waals surface area contributed by atoms with Gasteiger partial charge in [0.15, 0.2) is 5.82 Å². The SMILES string of the molecule is COc1ccccc1-c1nnc2n1NCCS2. The van der Waals surface area contributed by atoms with Gasteiger partial charge in [-0.15, -0.1) is 10.2 Å². The molecule has 0 atom stereocenters. The Kier molecular flexibility index (Phi) is 2.64. The summed E-state index contributed by atoms with van der Waals surface area (Å²) in [6, 6.07) is 7.82. The second-order valence-electron chi connectivity index (χ2n) is 3.60. The molecule has 1 N–H and O–H groups in total. The Labute approximate surface area is 103 Å². The maximum Gasteiger partial charge on any atom is 0.210 e. The fraction of sp³-hybridized carbons (Fsp3) is 0.273. The second kappa shape index (κ2) is 4.29. The largest absolute Gasteiger partial charge is 0.496 e. The van der Waals surface area contributed by atoms with Gasteiger partial charge in [0, 0.05) is 12.3 Å². The van der Waals surface area contributed by atoms with Crippen LogP contribution in [0.5, 0.6) is 5.75 Å². The van der Waals surface area contributed by atoms with Crippen molar-refractivity contribution in [1.29, 1.82) is 0 Å². The maximum absolute atomic E-state index is 5.34. The van der Waals surface area contributed by atoms with E-state index in [0.717, 1.165) is 34.6 Å². The number of hydrogen-bond acceptors (Lipinski definition) is 5. The van der Waals surface area contributed by atoms with E-state index < -0.39 is 0 Å². The number of benzene rings is 1. The van der Waals surface area contributed by atoms with E-state index >= 15 is 0 Å². The number of nitrogens with one attached hydrogen (secondary N) is 1. The van der Waals surface area contributed by atoms with Crippen molar-refractivity contribution in [3.63, 3.8) is 0 Å². The van der Waals surface area contributed by atoms with Crippen molar-refractivity contribution >= 4 is 11.8 Å². The van der Waals surface area contributed by atoms with Crippen molar-refractivity contribution in [2.45, 2.75) is 5.16 Å². The summed E-state index contributed by atoms with van der Waals surface area (Å²) in [5.41, 5.74) is 4.22. The van der Waals surface area contributed by atoms with Gasteiger partial charge in [-0.25, -0.2) is 4.68 Å². The van der Waals surface area contributed by atoms with E-state index in [0.29, 0.717) is 0 Å². The molecular weight excluding hydrogens is 236 g/mol. The Hall–Kier alpha value is -1.69. The van der Waals surface area contributed by atoms with Crippen LogP contribution < -0.4 is 10.2 Å². The molecule has 0 saturated carbocycles. The summed E-state index contributed by atoms with van der Waals surface area (Å²) >= 11 is 1.70. The standard InChI is InChI=1S/C11H12N4OS/c1-16-9-5-3-2-4-8(9)10-13-14-11-15(10)12-6-7-17-11/h2-5,12H,6-7H2,1H3. The third-order valence-electron chi connectivity index (χ3n) is 2.58. The summed E-state index contributed by atoms with van der Waals surface area (Å²) in [4.78, 5) is 0. The molecule has 1 aromatic carbocycles. The maximum atomic E-state index is 5.34. The van der Waals surface area contributed by atoms with Crippen LogP contribution in [-0.2, 0) is 0 Å². The quantitative estimate of drug-likeness (QED) is 0.875. The minimum Gasteiger partial charge on any atom is -0.496 e. The van der Waals surface area contributed by atoms with Crippen LogP contribution in [0.3, 0.4) is 0 Å². The molecule has 0 fully saturated rings. The van der Waals surface area contributed by atoms with Crippen LogP contribution in [0.2, 0.25) is 0 Å². The number of fused-ring (bicyclic) bond motifs is 1. The number of para-hydroxylation sites is 1. The van der Waals surface area contributed by atoms with Gasteiger partial charge in [0.05, 0.1) is 12.7 Å². The van der Waals surface area contributed by atoms with Crippen LogP contribution in [0.25, 0.3) is 11.4 Å². The minimum atomic E-state index is 0.796. The molecular formula is C11H12N4OS. The van der Waals surface area contributed by atoms with Crippen LogP contribution in [0.1, 0.15) is 0 Å². The number of methoxy groups -OCH3 is 1. The van der Waals surface area contributed by atoms with Crippen LogP contribution in [0.4, 0.5) is 0 Å². The molecule has 3 rings (SSSR count). The Bertz CT molecular complexity index is 540. The van der Waals surface area contributed by atoms with Gasteiger partial charge in [-0.1, -0.05) is 23.9 Å². The van der Waals surface area contributed by atoms with Crippen LogP contribution in [0.15, 0.2) is 29.4 Å². The molecule has 0 amide bonds. The van der Waals surface area contributed by atoms with Crippen LogP contribution in [-0.4, -0.2) is 34.3 Å². The lowest BCUT2D eigenvalue weighted by Gasteiger charge is -2.17. The summed E-state index contributed by atoms with van der Waals surface area (Å²) in [6.45, 7) is 0.915. The predicted octanol–water partition coefficient (Wildman–Crippen LogP) is 1.60. The first-order valence-corrected chi connectivity index (χ1v) is 6.34. The average molecular weight is 248 g/mol. The van der Waals surface area contributed by atoms with Gasteiger partial charge in [-0.2, -0.15) is 0 Å². The summed E-state index contributed by atoms with van der Waals surface area (Å²) in [5, 5.41) is 9.29. The normalized spacial score (nSPS) is 13.9. The van der Waals surface area contributed by atoms with Gasteiger partial charge in [0.1, 0.15) is 5.75 Å². The number of hydrogen-bond donors (Lipinski definition) is 1. The van der Waals surface area contributed by atoms with Crippen molar-refractivity contribution in [1.82, 2.24) is 14.9 Å². The van der Waals surface area contributed by atoms with E-state index in [1.165, 1.54) is 0 Å². The average Bonchev–Trinajstić information content (AvgIpc) is 2.82. The van der Waals surface area contributed by atoms with Crippen molar-refractivity contribution < 1.29 is 4.74 Å². The molecule has 6 heteroatoms. The lowest BCUT2D eigenvalue weighted by atomic mass is 10.2. The molecule has 0 bridgehead atoms. The van der Waals surface area contributed by atoms with Gasteiger partial charge in [-0.3, -0.25) is 0 Å². The van der Waals surface area contributed by atoms with E-state index in [2.05, 4.69) is 15.6 Å². The Morgan fingerprint density at radius 2 is 2.24 bits per heavy atom. The van der Waals surface area contributed by atoms with Gasteiger partial charge in [0.25, 0.3) is 0 Å². The zero-order valence-corrected chi connectivity index (χ0v) is 10.2. The number of aromatic nitrogens is 3. The lowest BCUT2D eigenvalue weighted by molar-refractivity contribution is 0.416. The van der Waals surface area contributed by atoms with Crippen LogP contribution >= 0.6 is 11.8 Å². The number of nitrogens with zero attached hydrogens (tertiary/aromatic N) is 3. The fourth-order valence-corrected chi connectivity index (χ4v) is 2.56. The third kappa shape index (κ3) is 1.74. The monoisotopic (exact) mass is 248 g/mol. The van der Waals surface area contributed by atoms with E-state index in [-0.39, 0.29) is 0 Å². The third-order valence-corrected chi connectivity index (χ3v) is 3.52. The zero-order valence-electron chi connectivity index (χ0n) is 9.38. The molecule has 0 spiro atoms. The van der Waals surface area contributed by atoms with Crippen molar-refractivity contribution in [2.75, 3.05) is 24.8 Å². The van der Waals surface area contributed by atoms with Crippen LogP contribution in [0, 0.1) is 0 Å². The molecule has 0 saturated heterocycles. The van der Waals surface area contributed by atoms with E-state index in [4.69, 9.17) is 4.74 Å². The number of ether oxygens (including phenoxy) is 1. The highest BCUT2D eigenvalue weighted by atomic mass is 32.2. The molecule has 1 aromatic heterocycles. The first kappa shape index (κ1) is 10.5. The van der Waals surface area contributed by atoms with E-state index in [9.17, 15) is 0 Å². The summed E-state index contributed by atoms with van der Waals surface area (Å²) < 4.78 is 7.27. The highest BCUT2D eigenvalue weighted by Crippen LogP contribution is 2.30. The van der Waals surface area contributed by atoms with Gasteiger partial charge in [0.2, 0.25) is 5.16 Å². The predicted molar refractivity (Wildman–Crippen MR) is 67.0 cm³/mol. The molecule has 2 heterocycles. The Morgan fingerprint density at radius 3 is 3.12 bits per heavy atom. The van der Waals surface area contributed by atoms with E-state index in [1.807, 2.05) is 28.9 Å². The van der Waals surface area contributed by atoms with Crippen molar-refractivity contribution in [3.05, 3.63) is 24.3 Å². The number of rotatable bonds is 2. The first-order chi connectivity index (χ1) is 8.40. The molecule has 0 radical (unpaired) electrons. The molecule has 2 aromatic rings. The highest BCUT2D eigenvalue weighted by molar-refractivity contribution is 7.99. The fourth-order valence-electron chi connectivity index (χ4n) is 1.81. The minimum absolute atomic E-state index is 0.796. The van der Waals surface area contributed by atoms with Crippen molar-refractivity contribution in [3.8, 4) is 17.1 Å². The highest BCUT2D eigenvalue weighted by Gasteiger charge is 2.19. The molecule has 5 nitrogen and oxygen atoms in total. The van der Waals surface area contributed by atoms with Gasteiger partial charge >= 0.3 is 0 Å². The molecule has 17 heavy (non-hydrogen) atoms. The summed E-state index contributed by atoms with van der Waals surface area (Å²) in [6.07, 6.45) is 0. The zero-order chi connectivity index (χ0) is 11.7. The molecule has 1 aliphatic rings. The summed E-state index contributed by atoms with van der Waals surface area (Å²) in [7, 11) is 1.66. The lowest BCUT2D eigenvalue weighted by Crippen LogP contribution is -2.23. The van der Waals surface area contributed by atoms with E-state index in [1.54, 1.807) is 18.9 Å². The molecule has 0 unspecified atom stereocenters. The number of thioether (sulfide) groups is 1. The molecule has 0 aliphatic carbocycles. The molecule has 1 aliphatic heterocycles. The van der Waals surface area contributed by atoms with Crippen molar-refractivity contribution in [2.24, 2.45) is 0 Å². The first-order valence-electron chi connectivity index (χ1n) is 5.35. The van der Waals surface area contributed by atoms with Gasteiger partial charge < -0.3 is 10.2 Å². The Balaban J connectivity index is 2.12. The summed E-state index contributed by atoms with van der Waals surface area (Å²) in [5.74, 6) is 2.62.